The molecule has 0 unspecified atom stereocenters. The van der Waals surface area contributed by atoms with Gasteiger partial charge >= 0.3 is 0 Å². The number of fused-ring (bicyclic) bond motifs is 1. The molecule has 0 amide bonds. The zero-order valence-electron chi connectivity index (χ0n) is 7.36. The van der Waals surface area contributed by atoms with Crippen molar-refractivity contribution in [3.05, 3.63) is 36.5 Å². The molecule has 3 heteroatoms. The molecule has 0 aliphatic rings. The Labute approximate surface area is 76.2 Å². The van der Waals surface area contributed by atoms with Crippen LogP contribution in [0.15, 0.2) is 36.5 Å². The molecular weight excluding hydrogens is 164 g/mol. The molecule has 1 aromatic heterocycles. The molecule has 0 bridgehead atoms. The Bertz CT molecular complexity index is 440. The van der Waals surface area contributed by atoms with Gasteiger partial charge in [0, 0.05) is 23.9 Å². The number of aromatic nitrogens is 1. The maximum absolute atomic E-state index is 9.48. The lowest BCUT2D eigenvalue weighted by molar-refractivity contribution is -0.884. The molecule has 0 atom stereocenters. The van der Waals surface area contributed by atoms with Crippen molar-refractivity contribution in [1.29, 1.82) is 0 Å². The molecule has 2 aromatic rings. The standard InChI is InChI=1S/C10H10N2O/c1-11-9-6-7-12(13)10-5-3-2-4-8(9)10/h2-7,13H,1H3/p+1. The summed E-state index contributed by atoms with van der Waals surface area (Å²) in [5, 5.41) is 13.6. The first-order chi connectivity index (χ1) is 6.33. The zero-order valence-corrected chi connectivity index (χ0v) is 7.36. The second kappa shape index (κ2) is 2.94. The lowest BCUT2D eigenvalue weighted by Gasteiger charge is -2.01. The molecule has 1 aromatic carbocycles. The van der Waals surface area contributed by atoms with Gasteiger partial charge in [-0.2, -0.15) is 0 Å². The SMILES string of the molecule is CNc1cc[n+](O)c2ccccc12. The number of rotatable bonds is 1. The molecule has 0 saturated heterocycles. The number of hydrogen-bond donors (Lipinski definition) is 2. The Hall–Kier alpha value is -1.77. The summed E-state index contributed by atoms with van der Waals surface area (Å²) in [6, 6.07) is 9.52. The van der Waals surface area contributed by atoms with Crippen molar-refractivity contribution in [2.24, 2.45) is 0 Å². The molecule has 1 heterocycles. The van der Waals surface area contributed by atoms with Crippen LogP contribution in [0.3, 0.4) is 0 Å². The zero-order chi connectivity index (χ0) is 9.26. The van der Waals surface area contributed by atoms with Gasteiger partial charge in [0.15, 0.2) is 0 Å². The summed E-state index contributed by atoms with van der Waals surface area (Å²) in [7, 11) is 1.86. The maximum Gasteiger partial charge on any atom is 0.266 e. The van der Waals surface area contributed by atoms with Crippen LogP contribution in [0.25, 0.3) is 10.9 Å². The number of para-hydroxylation sites is 1. The normalized spacial score (nSPS) is 10.2. The van der Waals surface area contributed by atoms with Crippen LogP contribution in [-0.4, -0.2) is 12.3 Å². The van der Waals surface area contributed by atoms with Crippen LogP contribution < -0.4 is 10.0 Å². The third kappa shape index (κ3) is 1.18. The van der Waals surface area contributed by atoms with Crippen molar-refractivity contribution in [1.82, 2.24) is 0 Å². The average Bonchev–Trinajstić information content (AvgIpc) is 2.19. The molecule has 0 spiro atoms. The van der Waals surface area contributed by atoms with E-state index in [1.807, 2.05) is 37.4 Å². The van der Waals surface area contributed by atoms with Crippen molar-refractivity contribution in [3.63, 3.8) is 0 Å². The molecule has 0 saturated carbocycles. The van der Waals surface area contributed by atoms with E-state index in [1.165, 1.54) is 0 Å². The molecule has 2 rings (SSSR count). The van der Waals surface area contributed by atoms with E-state index in [0.29, 0.717) is 0 Å². The third-order valence-corrected chi connectivity index (χ3v) is 2.09. The number of nitrogens with one attached hydrogen (secondary N) is 1. The van der Waals surface area contributed by atoms with Gasteiger partial charge < -0.3 is 5.32 Å². The van der Waals surface area contributed by atoms with E-state index >= 15 is 0 Å². The molecule has 3 nitrogen and oxygen atoms in total. The second-order valence-corrected chi connectivity index (χ2v) is 2.84. The molecule has 0 radical (unpaired) electrons. The number of hydrogen-bond acceptors (Lipinski definition) is 2. The van der Waals surface area contributed by atoms with Gasteiger partial charge in [-0.1, -0.05) is 12.1 Å². The molecule has 0 fully saturated rings. The van der Waals surface area contributed by atoms with Crippen LogP contribution in [0.1, 0.15) is 0 Å². The van der Waals surface area contributed by atoms with Gasteiger partial charge in [-0.25, -0.2) is 0 Å². The smallest absolute Gasteiger partial charge is 0.266 e. The highest BCUT2D eigenvalue weighted by Crippen LogP contribution is 2.18. The van der Waals surface area contributed by atoms with Crippen LogP contribution in [0.5, 0.6) is 0 Å². The number of nitrogens with zero attached hydrogens (tertiary/aromatic N) is 1. The van der Waals surface area contributed by atoms with Crippen LogP contribution in [0, 0.1) is 0 Å². The summed E-state index contributed by atoms with van der Waals surface area (Å²) in [6.45, 7) is 0. The summed E-state index contributed by atoms with van der Waals surface area (Å²) in [5.74, 6) is 0. The molecule has 0 aliphatic heterocycles. The Morgan fingerprint density at radius 3 is 2.77 bits per heavy atom. The lowest BCUT2D eigenvalue weighted by Crippen LogP contribution is -2.30. The van der Waals surface area contributed by atoms with Gasteiger partial charge in [0.05, 0.1) is 11.1 Å². The maximum atomic E-state index is 9.48. The largest absolute Gasteiger partial charge is 0.387 e. The minimum Gasteiger partial charge on any atom is -0.387 e. The van der Waals surface area contributed by atoms with Crippen molar-refractivity contribution in [2.75, 3.05) is 12.4 Å². The van der Waals surface area contributed by atoms with Crippen LogP contribution in [-0.2, 0) is 0 Å². The minimum absolute atomic E-state index is 0.800. The van der Waals surface area contributed by atoms with Crippen molar-refractivity contribution >= 4 is 16.6 Å². The Morgan fingerprint density at radius 1 is 1.23 bits per heavy atom. The van der Waals surface area contributed by atoms with E-state index in [0.717, 1.165) is 21.3 Å². The summed E-state index contributed by atoms with van der Waals surface area (Å²) in [5.41, 5.74) is 1.82. The van der Waals surface area contributed by atoms with Gasteiger partial charge in [-0.15, -0.1) is 0 Å². The topological polar surface area (TPSA) is 36.1 Å². The van der Waals surface area contributed by atoms with Crippen molar-refractivity contribution in [3.8, 4) is 0 Å². The Kier molecular flexibility index (Phi) is 1.77. The molecule has 2 N–H and O–H groups in total. The second-order valence-electron chi connectivity index (χ2n) is 2.84. The number of anilines is 1. The average molecular weight is 175 g/mol. The third-order valence-electron chi connectivity index (χ3n) is 2.09. The first-order valence-corrected chi connectivity index (χ1v) is 4.13. The monoisotopic (exact) mass is 175 g/mol. The van der Waals surface area contributed by atoms with Crippen LogP contribution in [0.4, 0.5) is 5.69 Å². The van der Waals surface area contributed by atoms with Gasteiger partial charge in [-0.3, -0.25) is 5.21 Å². The summed E-state index contributed by atoms with van der Waals surface area (Å²) >= 11 is 0. The van der Waals surface area contributed by atoms with Crippen molar-refractivity contribution in [2.45, 2.75) is 0 Å². The highest BCUT2D eigenvalue weighted by atomic mass is 16.5. The Morgan fingerprint density at radius 2 is 2.00 bits per heavy atom. The summed E-state index contributed by atoms with van der Waals surface area (Å²) in [4.78, 5) is 0. The molecule has 66 valence electrons. The highest BCUT2D eigenvalue weighted by molar-refractivity contribution is 5.88. The molecule has 0 aliphatic carbocycles. The van der Waals surface area contributed by atoms with Gasteiger partial charge in [-0.05, 0) is 6.07 Å². The molecular formula is C10H11N2O+. The van der Waals surface area contributed by atoms with E-state index in [9.17, 15) is 5.21 Å². The fourth-order valence-electron chi connectivity index (χ4n) is 1.43. The van der Waals surface area contributed by atoms with Crippen molar-refractivity contribution < 1.29 is 9.94 Å². The minimum atomic E-state index is 0.800. The quantitative estimate of drug-likeness (QED) is 0.507. The first kappa shape index (κ1) is 7.86. The number of benzene rings is 1. The fraction of sp³-hybridized carbons (Fsp3) is 0.100. The van der Waals surface area contributed by atoms with E-state index in [-0.39, 0.29) is 0 Å². The molecule has 13 heavy (non-hydrogen) atoms. The summed E-state index contributed by atoms with van der Waals surface area (Å²) in [6.07, 6.45) is 1.62. The first-order valence-electron chi connectivity index (χ1n) is 4.13. The van der Waals surface area contributed by atoms with E-state index in [1.54, 1.807) is 6.20 Å². The highest BCUT2D eigenvalue weighted by Gasteiger charge is 2.09. The summed E-state index contributed by atoms with van der Waals surface area (Å²) < 4.78 is 1.12. The van der Waals surface area contributed by atoms with Gasteiger partial charge in [0.1, 0.15) is 0 Å². The van der Waals surface area contributed by atoms with Crippen LogP contribution >= 0.6 is 0 Å². The van der Waals surface area contributed by atoms with E-state index in [2.05, 4.69) is 5.32 Å². The van der Waals surface area contributed by atoms with Crippen LogP contribution in [0.2, 0.25) is 0 Å². The predicted octanol–water partition coefficient (Wildman–Crippen LogP) is 1.41. The Balaban J connectivity index is 2.84. The predicted molar refractivity (Wildman–Crippen MR) is 50.9 cm³/mol. The number of pyridine rings is 1. The lowest BCUT2D eigenvalue weighted by atomic mass is 10.2. The van der Waals surface area contributed by atoms with Gasteiger partial charge in [0.2, 0.25) is 6.20 Å². The van der Waals surface area contributed by atoms with E-state index < -0.39 is 0 Å². The van der Waals surface area contributed by atoms with Gasteiger partial charge in [0.25, 0.3) is 5.52 Å². The fourth-order valence-corrected chi connectivity index (χ4v) is 1.43. The van der Waals surface area contributed by atoms with E-state index in [4.69, 9.17) is 0 Å².